The van der Waals surface area contributed by atoms with Gasteiger partial charge in [0.25, 0.3) is 0 Å². The van der Waals surface area contributed by atoms with Crippen molar-refractivity contribution < 1.29 is 22.3 Å². The molecule has 1 aliphatic heterocycles. The van der Waals surface area contributed by atoms with Crippen LogP contribution in [0.2, 0.25) is 5.02 Å². The van der Waals surface area contributed by atoms with E-state index in [1.165, 1.54) is 24.3 Å². The summed E-state index contributed by atoms with van der Waals surface area (Å²) in [5.41, 5.74) is 2.11. The Hall–Kier alpha value is -2.73. The molecule has 0 aliphatic carbocycles. The molecule has 34 heavy (non-hydrogen) atoms. The minimum absolute atomic E-state index is 0.0345. The molecule has 2 atom stereocenters. The number of aliphatic hydroxyl groups excluding tert-OH is 1. The van der Waals surface area contributed by atoms with Crippen molar-refractivity contribution in [1.29, 1.82) is 0 Å². The molecule has 9 nitrogen and oxygen atoms in total. The first-order valence-corrected chi connectivity index (χ1v) is 12.3. The molecule has 0 bridgehead atoms. The molecule has 12 heteroatoms. The Morgan fingerprint density at radius 3 is 2.68 bits per heavy atom. The summed E-state index contributed by atoms with van der Waals surface area (Å²) in [7, 11) is -4.16. The van der Waals surface area contributed by atoms with E-state index < -0.39 is 33.7 Å². The Morgan fingerprint density at radius 2 is 2.03 bits per heavy atom. The molecule has 0 spiro atoms. The van der Waals surface area contributed by atoms with Crippen LogP contribution >= 0.6 is 11.6 Å². The zero-order chi connectivity index (χ0) is 24.8. The highest BCUT2D eigenvalue weighted by molar-refractivity contribution is 7.89. The molecular weight excluding hydrogens is 487 g/mol. The first-order valence-electron chi connectivity index (χ1n) is 10.5. The molecule has 3 aromatic rings. The van der Waals surface area contributed by atoms with Gasteiger partial charge in [-0.05, 0) is 61.7 Å². The molecule has 0 amide bonds. The van der Waals surface area contributed by atoms with Gasteiger partial charge in [-0.25, -0.2) is 22.7 Å². The standard InChI is InChI=1S/C22H24ClFN4O5S/c1-12-4-6-17(24)16(14(12)3)9-19(21-25-26-22(30)33-21)28-11-27(13(2)10-29)18-8-15(23)5-7-20(18)34(28,31)32/h4-8,13,19,29H,9-11H2,1-3H3,(H,26,30)/t13-,19+/m1/s1. The molecule has 1 aliphatic rings. The number of aromatic nitrogens is 2. The molecule has 4 rings (SSSR count). The predicted octanol–water partition coefficient (Wildman–Crippen LogP) is 2.91. The van der Waals surface area contributed by atoms with Crippen LogP contribution in [0, 0.1) is 19.7 Å². The maximum atomic E-state index is 14.9. The van der Waals surface area contributed by atoms with Gasteiger partial charge < -0.3 is 14.4 Å². The average Bonchev–Trinajstić information content (AvgIpc) is 3.22. The summed E-state index contributed by atoms with van der Waals surface area (Å²) < 4.78 is 48.7. The summed E-state index contributed by atoms with van der Waals surface area (Å²) >= 11 is 6.13. The minimum Gasteiger partial charge on any atom is -0.394 e. The monoisotopic (exact) mass is 510 g/mol. The summed E-state index contributed by atoms with van der Waals surface area (Å²) in [5, 5.41) is 16.2. The van der Waals surface area contributed by atoms with Gasteiger partial charge in [-0.2, -0.15) is 4.31 Å². The second-order valence-corrected chi connectivity index (χ2v) is 10.6. The van der Waals surface area contributed by atoms with Crippen molar-refractivity contribution in [3.05, 3.63) is 74.3 Å². The van der Waals surface area contributed by atoms with E-state index in [0.717, 1.165) is 9.87 Å². The second kappa shape index (κ2) is 9.14. The maximum absolute atomic E-state index is 14.9. The number of sulfonamides is 1. The van der Waals surface area contributed by atoms with Crippen LogP contribution in [0.15, 0.2) is 44.4 Å². The second-order valence-electron chi connectivity index (χ2n) is 8.29. The zero-order valence-electron chi connectivity index (χ0n) is 18.7. The molecular formula is C22H24ClFN4O5S. The van der Waals surface area contributed by atoms with Crippen LogP contribution in [0.1, 0.15) is 35.5 Å². The number of rotatable bonds is 6. The average molecular weight is 511 g/mol. The summed E-state index contributed by atoms with van der Waals surface area (Å²) in [5.74, 6) is -1.56. The van der Waals surface area contributed by atoms with E-state index in [9.17, 15) is 22.7 Å². The minimum atomic E-state index is -4.16. The van der Waals surface area contributed by atoms with Gasteiger partial charge in [-0.15, -0.1) is 5.10 Å². The molecule has 2 aromatic carbocycles. The highest BCUT2D eigenvalue weighted by Gasteiger charge is 2.43. The zero-order valence-corrected chi connectivity index (χ0v) is 20.3. The lowest BCUT2D eigenvalue weighted by molar-refractivity contribution is 0.228. The van der Waals surface area contributed by atoms with E-state index >= 15 is 0 Å². The fraction of sp³-hybridized carbons (Fsp3) is 0.364. The number of anilines is 1. The first-order chi connectivity index (χ1) is 16.0. The van der Waals surface area contributed by atoms with Gasteiger partial charge in [0, 0.05) is 11.4 Å². The van der Waals surface area contributed by atoms with Crippen LogP contribution in [0.25, 0.3) is 0 Å². The highest BCUT2D eigenvalue weighted by atomic mass is 35.5. The number of H-pyrrole nitrogens is 1. The number of aromatic amines is 1. The molecule has 1 aromatic heterocycles. The normalized spacial score (nSPS) is 17.4. The Labute approximate surface area is 200 Å². The summed E-state index contributed by atoms with van der Waals surface area (Å²) in [6, 6.07) is 5.70. The van der Waals surface area contributed by atoms with Crippen molar-refractivity contribution in [3.63, 3.8) is 0 Å². The Balaban J connectivity index is 1.90. The highest BCUT2D eigenvalue weighted by Crippen LogP contribution is 2.41. The number of aliphatic hydroxyl groups is 1. The lowest BCUT2D eigenvalue weighted by Crippen LogP contribution is -2.52. The van der Waals surface area contributed by atoms with Crippen LogP contribution in [-0.4, -0.2) is 47.3 Å². The number of nitrogens with zero attached hydrogens (tertiary/aromatic N) is 3. The van der Waals surface area contributed by atoms with Crippen molar-refractivity contribution in [2.24, 2.45) is 0 Å². The Bertz CT molecular complexity index is 1390. The SMILES string of the molecule is Cc1ccc(F)c(C[C@@H](c2n[nH]c(=O)o2)N2CN([C@H](C)CO)c3cc(Cl)ccc3S2(=O)=O)c1C. The topological polar surface area (TPSA) is 120 Å². The number of hydrogen-bond acceptors (Lipinski definition) is 7. The van der Waals surface area contributed by atoms with Crippen molar-refractivity contribution in [2.45, 2.75) is 44.2 Å². The maximum Gasteiger partial charge on any atom is 0.434 e. The van der Waals surface area contributed by atoms with Crippen molar-refractivity contribution in [3.8, 4) is 0 Å². The van der Waals surface area contributed by atoms with Crippen molar-refractivity contribution >= 4 is 27.3 Å². The quantitative estimate of drug-likeness (QED) is 0.523. The predicted molar refractivity (Wildman–Crippen MR) is 124 cm³/mol. The molecule has 0 saturated heterocycles. The number of hydrogen-bond donors (Lipinski definition) is 2. The van der Waals surface area contributed by atoms with Gasteiger partial charge in [-0.3, -0.25) is 0 Å². The molecule has 0 unspecified atom stereocenters. The van der Waals surface area contributed by atoms with Gasteiger partial charge in [-0.1, -0.05) is 17.7 Å². The van der Waals surface area contributed by atoms with Crippen molar-refractivity contribution in [1.82, 2.24) is 14.5 Å². The third-order valence-corrected chi connectivity index (χ3v) is 8.33. The fourth-order valence-corrected chi connectivity index (χ4v) is 5.96. The number of nitrogens with one attached hydrogen (secondary N) is 1. The Kier molecular flexibility index (Phi) is 6.56. The molecule has 182 valence electrons. The molecule has 0 saturated carbocycles. The van der Waals surface area contributed by atoms with Crippen LogP contribution in [0.3, 0.4) is 0 Å². The van der Waals surface area contributed by atoms with E-state index in [2.05, 4.69) is 10.2 Å². The third-order valence-electron chi connectivity index (χ3n) is 6.20. The van der Waals surface area contributed by atoms with E-state index in [1.807, 2.05) is 6.92 Å². The summed E-state index contributed by atoms with van der Waals surface area (Å²) in [4.78, 5) is 13.4. The summed E-state index contributed by atoms with van der Waals surface area (Å²) in [6.07, 6.45) is -0.128. The van der Waals surface area contributed by atoms with Gasteiger partial charge in [0.15, 0.2) is 0 Å². The van der Waals surface area contributed by atoms with Gasteiger partial charge in [0.05, 0.1) is 25.0 Å². The van der Waals surface area contributed by atoms with E-state index in [4.69, 9.17) is 16.0 Å². The number of aryl methyl sites for hydroxylation is 1. The van der Waals surface area contributed by atoms with Crippen LogP contribution in [0.5, 0.6) is 0 Å². The molecule has 0 fully saturated rings. The third kappa shape index (κ3) is 4.24. The van der Waals surface area contributed by atoms with E-state index in [0.29, 0.717) is 16.3 Å². The fourth-order valence-electron chi connectivity index (χ4n) is 4.08. The first kappa shape index (κ1) is 24.4. The number of halogens is 2. The van der Waals surface area contributed by atoms with E-state index in [-0.39, 0.29) is 36.0 Å². The van der Waals surface area contributed by atoms with Gasteiger partial charge in [0.1, 0.15) is 16.8 Å². The Morgan fingerprint density at radius 1 is 1.29 bits per heavy atom. The largest absolute Gasteiger partial charge is 0.434 e. The van der Waals surface area contributed by atoms with Gasteiger partial charge >= 0.3 is 5.76 Å². The van der Waals surface area contributed by atoms with Crippen LogP contribution in [-0.2, 0) is 16.4 Å². The van der Waals surface area contributed by atoms with Crippen LogP contribution < -0.4 is 10.7 Å². The van der Waals surface area contributed by atoms with Crippen LogP contribution in [0.4, 0.5) is 10.1 Å². The van der Waals surface area contributed by atoms with Gasteiger partial charge in [0.2, 0.25) is 15.9 Å². The molecule has 0 radical (unpaired) electrons. The van der Waals surface area contributed by atoms with Crippen molar-refractivity contribution in [2.75, 3.05) is 18.2 Å². The lowest BCUT2D eigenvalue weighted by atomic mass is 9.97. The number of fused-ring (bicyclic) bond motifs is 1. The molecule has 2 N–H and O–H groups in total. The smallest absolute Gasteiger partial charge is 0.394 e. The summed E-state index contributed by atoms with van der Waals surface area (Å²) in [6.45, 7) is 4.84. The lowest BCUT2D eigenvalue weighted by Gasteiger charge is -2.42. The molecule has 2 heterocycles. The number of benzene rings is 2. The van der Waals surface area contributed by atoms with E-state index in [1.54, 1.807) is 24.8 Å².